The van der Waals surface area contributed by atoms with Gasteiger partial charge in [0.25, 0.3) is 0 Å². The van der Waals surface area contributed by atoms with Gasteiger partial charge in [0.15, 0.2) is 5.78 Å². The molecule has 14 heavy (non-hydrogen) atoms. The van der Waals surface area contributed by atoms with Crippen LogP contribution in [0.4, 0.5) is 0 Å². The van der Waals surface area contributed by atoms with Gasteiger partial charge in [0, 0.05) is 26.0 Å². The molecule has 1 aliphatic carbocycles. The Morgan fingerprint density at radius 1 is 1.64 bits per heavy atom. The van der Waals surface area contributed by atoms with Crippen LogP contribution in [-0.4, -0.2) is 23.9 Å². The van der Waals surface area contributed by atoms with Crippen LogP contribution in [0.1, 0.15) is 26.8 Å². The Labute approximate surface area is 86.1 Å². The number of ketones is 1. The quantitative estimate of drug-likeness (QED) is 0.785. The van der Waals surface area contributed by atoms with Crippen molar-refractivity contribution in [1.82, 2.24) is 4.98 Å². The molecule has 4 nitrogen and oxygen atoms in total. The number of carbonyl (C=O) groups excluding carboxylic acids is 1. The van der Waals surface area contributed by atoms with Crippen LogP contribution in [0, 0.1) is 0 Å². The Morgan fingerprint density at radius 2 is 2.43 bits per heavy atom. The number of ether oxygens (including phenoxy) is 1. The van der Waals surface area contributed by atoms with Crippen molar-refractivity contribution in [3.63, 3.8) is 0 Å². The minimum absolute atomic E-state index is 0.0625. The van der Waals surface area contributed by atoms with Gasteiger partial charge < -0.3 is 10.5 Å². The third-order valence-corrected chi connectivity index (χ3v) is 3.28. The Balaban J connectivity index is 2.30. The molecule has 1 aromatic heterocycles. The summed E-state index contributed by atoms with van der Waals surface area (Å²) >= 11 is 1.43. The topological polar surface area (TPSA) is 65.2 Å². The highest BCUT2D eigenvalue weighted by molar-refractivity contribution is 7.13. The van der Waals surface area contributed by atoms with Crippen molar-refractivity contribution in [2.24, 2.45) is 5.73 Å². The van der Waals surface area contributed by atoms with Gasteiger partial charge in [-0.05, 0) is 0 Å². The van der Waals surface area contributed by atoms with E-state index in [2.05, 4.69) is 4.98 Å². The summed E-state index contributed by atoms with van der Waals surface area (Å²) in [5.41, 5.74) is 6.59. The second-order valence-corrected chi connectivity index (χ2v) is 4.49. The number of carbonyl (C=O) groups is 1. The molecule has 0 saturated heterocycles. The number of Topliss-reactive ketones (excluding diaryl/α,β-unsaturated/α-hetero) is 1. The van der Waals surface area contributed by atoms with Crippen LogP contribution >= 0.6 is 11.3 Å². The summed E-state index contributed by atoms with van der Waals surface area (Å²) in [6.07, 6.45) is 1.16. The molecule has 0 saturated carbocycles. The maximum Gasteiger partial charge on any atom is 0.176 e. The summed E-state index contributed by atoms with van der Waals surface area (Å²) in [7, 11) is 1.62. The fraction of sp³-hybridized carbons (Fsp3) is 0.556. The van der Waals surface area contributed by atoms with E-state index in [1.807, 2.05) is 0 Å². The molecule has 5 heteroatoms. The van der Waals surface area contributed by atoms with E-state index in [4.69, 9.17) is 10.5 Å². The Kier molecular flexibility index (Phi) is 2.62. The molecule has 1 aliphatic rings. The number of hydrogen-bond donors (Lipinski definition) is 1. The number of thiazole rings is 1. The van der Waals surface area contributed by atoms with Crippen LogP contribution in [0.25, 0.3) is 0 Å². The van der Waals surface area contributed by atoms with Crippen LogP contribution in [-0.2, 0) is 17.8 Å². The first-order valence-electron chi connectivity index (χ1n) is 4.47. The SMILES string of the molecule is COCc1nc2c(s1)C(=O)CC(N)C2. The zero-order valence-electron chi connectivity index (χ0n) is 7.95. The minimum Gasteiger partial charge on any atom is -0.378 e. The standard InChI is InChI=1S/C9H12N2O2S/c1-13-4-8-11-6-2-5(10)3-7(12)9(6)14-8/h5H,2-4,10H2,1H3. The van der Waals surface area contributed by atoms with Crippen molar-refractivity contribution in [3.05, 3.63) is 15.6 Å². The van der Waals surface area contributed by atoms with Crippen LogP contribution in [0.3, 0.4) is 0 Å². The lowest BCUT2D eigenvalue weighted by Gasteiger charge is -2.14. The molecular weight excluding hydrogens is 200 g/mol. The van der Waals surface area contributed by atoms with Gasteiger partial charge in [-0.15, -0.1) is 11.3 Å². The highest BCUT2D eigenvalue weighted by atomic mass is 32.1. The van der Waals surface area contributed by atoms with E-state index in [0.29, 0.717) is 19.4 Å². The third kappa shape index (κ3) is 1.70. The second-order valence-electron chi connectivity index (χ2n) is 3.41. The first-order valence-corrected chi connectivity index (χ1v) is 5.28. The summed E-state index contributed by atoms with van der Waals surface area (Å²) in [5.74, 6) is 0.124. The molecule has 76 valence electrons. The molecule has 0 bridgehead atoms. The Hall–Kier alpha value is -0.780. The Morgan fingerprint density at radius 3 is 3.14 bits per heavy atom. The van der Waals surface area contributed by atoms with Crippen molar-refractivity contribution in [2.75, 3.05) is 7.11 Å². The Bertz CT molecular complexity index is 362. The van der Waals surface area contributed by atoms with E-state index < -0.39 is 0 Å². The van der Waals surface area contributed by atoms with E-state index in [1.165, 1.54) is 11.3 Å². The highest BCUT2D eigenvalue weighted by Gasteiger charge is 2.26. The van der Waals surface area contributed by atoms with Crippen LogP contribution < -0.4 is 5.73 Å². The van der Waals surface area contributed by atoms with Crippen molar-refractivity contribution in [1.29, 1.82) is 0 Å². The maximum atomic E-state index is 11.6. The average Bonchev–Trinajstić information content (AvgIpc) is 2.48. The molecule has 0 aliphatic heterocycles. The lowest BCUT2D eigenvalue weighted by Crippen LogP contribution is -2.30. The van der Waals surface area contributed by atoms with E-state index >= 15 is 0 Å². The number of hydrogen-bond acceptors (Lipinski definition) is 5. The number of nitrogens with two attached hydrogens (primary N) is 1. The van der Waals surface area contributed by atoms with E-state index in [-0.39, 0.29) is 11.8 Å². The fourth-order valence-corrected chi connectivity index (χ4v) is 2.61. The molecular formula is C9H12N2O2S. The van der Waals surface area contributed by atoms with Gasteiger partial charge in [-0.25, -0.2) is 4.98 Å². The second kappa shape index (κ2) is 3.76. The largest absolute Gasteiger partial charge is 0.378 e. The summed E-state index contributed by atoms with van der Waals surface area (Å²) in [6, 6.07) is -0.0625. The van der Waals surface area contributed by atoms with E-state index in [0.717, 1.165) is 15.6 Å². The zero-order chi connectivity index (χ0) is 10.1. The minimum atomic E-state index is -0.0625. The molecule has 0 fully saturated rings. The molecule has 1 aromatic rings. The van der Waals surface area contributed by atoms with Crippen LogP contribution in [0.5, 0.6) is 0 Å². The fourth-order valence-electron chi connectivity index (χ4n) is 1.59. The summed E-state index contributed by atoms with van der Waals surface area (Å²) in [5, 5.41) is 0.861. The third-order valence-electron chi connectivity index (χ3n) is 2.17. The van der Waals surface area contributed by atoms with Gasteiger partial charge in [0.05, 0.1) is 17.2 Å². The lowest BCUT2D eigenvalue weighted by molar-refractivity contribution is 0.0969. The number of aromatic nitrogens is 1. The molecule has 1 atom stereocenters. The van der Waals surface area contributed by atoms with E-state index in [9.17, 15) is 4.79 Å². The van der Waals surface area contributed by atoms with Crippen molar-refractivity contribution >= 4 is 17.1 Å². The molecule has 2 N–H and O–H groups in total. The van der Waals surface area contributed by atoms with Gasteiger partial charge >= 0.3 is 0 Å². The van der Waals surface area contributed by atoms with Gasteiger partial charge in [-0.3, -0.25) is 4.79 Å². The van der Waals surface area contributed by atoms with Crippen molar-refractivity contribution < 1.29 is 9.53 Å². The number of fused-ring (bicyclic) bond motifs is 1. The molecule has 0 spiro atoms. The molecule has 0 amide bonds. The normalized spacial score (nSPS) is 21.0. The van der Waals surface area contributed by atoms with Crippen molar-refractivity contribution in [3.8, 4) is 0 Å². The van der Waals surface area contributed by atoms with Gasteiger partial charge in [0.1, 0.15) is 5.01 Å². The van der Waals surface area contributed by atoms with Gasteiger partial charge in [-0.1, -0.05) is 0 Å². The monoisotopic (exact) mass is 212 g/mol. The summed E-state index contributed by atoms with van der Waals surface area (Å²) < 4.78 is 4.97. The number of nitrogens with zero attached hydrogens (tertiary/aromatic N) is 1. The zero-order valence-corrected chi connectivity index (χ0v) is 8.76. The van der Waals surface area contributed by atoms with Gasteiger partial charge in [-0.2, -0.15) is 0 Å². The summed E-state index contributed by atoms with van der Waals surface area (Å²) in [6.45, 7) is 0.472. The lowest BCUT2D eigenvalue weighted by atomic mass is 9.97. The highest BCUT2D eigenvalue weighted by Crippen LogP contribution is 2.26. The van der Waals surface area contributed by atoms with Crippen molar-refractivity contribution in [2.45, 2.75) is 25.5 Å². The van der Waals surface area contributed by atoms with Crippen LogP contribution in [0.15, 0.2) is 0 Å². The predicted octanol–water partition coefficient (Wildman–Crippen LogP) is 0.746. The molecule has 0 radical (unpaired) electrons. The first-order chi connectivity index (χ1) is 6.70. The van der Waals surface area contributed by atoms with Gasteiger partial charge in [0.2, 0.25) is 0 Å². The smallest absolute Gasteiger partial charge is 0.176 e. The summed E-state index contributed by atoms with van der Waals surface area (Å²) in [4.78, 5) is 16.7. The number of methoxy groups -OCH3 is 1. The first kappa shape index (κ1) is 9.76. The molecule has 2 rings (SSSR count). The van der Waals surface area contributed by atoms with Crippen LogP contribution in [0.2, 0.25) is 0 Å². The average molecular weight is 212 g/mol. The predicted molar refractivity (Wildman–Crippen MR) is 53.5 cm³/mol. The number of rotatable bonds is 2. The maximum absolute atomic E-state index is 11.6. The van der Waals surface area contributed by atoms with E-state index in [1.54, 1.807) is 7.11 Å². The molecule has 1 unspecified atom stereocenters. The molecule has 1 heterocycles. The molecule has 0 aromatic carbocycles.